The zero-order chi connectivity index (χ0) is 14.4. The van der Waals surface area contributed by atoms with Crippen molar-refractivity contribution in [2.24, 2.45) is 0 Å². The molecule has 0 bridgehead atoms. The molecule has 0 aliphatic rings. The van der Waals surface area contributed by atoms with Crippen molar-refractivity contribution < 1.29 is 9.84 Å². The fourth-order valence-corrected chi connectivity index (χ4v) is 2.40. The SMILES string of the molecule is Oc1ccc(Sc2ccc(OCC=C(Cl)Cl)cc2)cc1. The van der Waals surface area contributed by atoms with Crippen LogP contribution in [-0.4, -0.2) is 11.7 Å². The van der Waals surface area contributed by atoms with E-state index in [0.29, 0.717) is 6.61 Å². The van der Waals surface area contributed by atoms with Gasteiger partial charge in [-0.15, -0.1) is 0 Å². The van der Waals surface area contributed by atoms with Gasteiger partial charge in [0.1, 0.15) is 22.6 Å². The number of benzene rings is 2. The van der Waals surface area contributed by atoms with E-state index in [9.17, 15) is 5.11 Å². The largest absolute Gasteiger partial charge is 0.508 e. The molecule has 0 saturated heterocycles. The molecular formula is C15H12Cl2O2S. The first kappa shape index (κ1) is 15.1. The smallest absolute Gasteiger partial charge is 0.119 e. The van der Waals surface area contributed by atoms with Gasteiger partial charge in [-0.3, -0.25) is 0 Å². The van der Waals surface area contributed by atoms with E-state index in [0.717, 1.165) is 15.5 Å². The number of phenolic OH excluding ortho intramolecular Hbond substituents is 1. The van der Waals surface area contributed by atoms with Gasteiger partial charge in [0.2, 0.25) is 0 Å². The van der Waals surface area contributed by atoms with Crippen LogP contribution in [0.5, 0.6) is 11.5 Å². The topological polar surface area (TPSA) is 29.5 Å². The molecule has 0 aromatic heterocycles. The van der Waals surface area contributed by atoms with Crippen molar-refractivity contribution in [3.8, 4) is 11.5 Å². The molecule has 0 fully saturated rings. The summed E-state index contributed by atoms with van der Waals surface area (Å²) in [6.07, 6.45) is 1.59. The van der Waals surface area contributed by atoms with Crippen LogP contribution in [-0.2, 0) is 0 Å². The van der Waals surface area contributed by atoms with Crippen molar-refractivity contribution >= 4 is 35.0 Å². The molecule has 2 nitrogen and oxygen atoms in total. The first-order chi connectivity index (χ1) is 9.63. The highest BCUT2D eigenvalue weighted by Crippen LogP contribution is 2.29. The van der Waals surface area contributed by atoms with Crippen LogP contribution in [0, 0.1) is 0 Å². The van der Waals surface area contributed by atoms with E-state index in [4.69, 9.17) is 27.9 Å². The van der Waals surface area contributed by atoms with Gasteiger partial charge >= 0.3 is 0 Å². The Labute approximate surface area is 132 Å². The number of halogens is 2. The van der Waals surface area contributed by atoms with Gasteiger partial charge in [-0.25, -0.2) is 0 Å². The Bertz CT molecular complexity index is 576. The molecule has 5 heteroatoms. The molecule has 0 aliphatic carbocycles. The Morgan fingerprint density at radius 1 is 1.00 bits per heavy atom. The lowest BCUT2D eigenvalue weighted by atomic mass is 10.3. The number of hydrogen-bond acceptors (Lipinski definition) is 3. The van der Waals surface area contributed by atoms with Crippen LogP contribution in [0.2, 0.25) is 0 Å². The van der Waals surface area contributed by atoms with Crippen LogP contribution in [0.15, 0.2) is 68.9 Å². The summed E-state index contributed by atoms with van der Waals surface area (Å²) < 4.78 is 5.65. The predicted octanol–water partition coefficient (Wildman–Crippen LogP) is 5.24. The standard InChI is InChI=1S/C15H12Cl2O2S/c16-15(17)9-10-19-12-3-7-14(8-4-12)20-13-5-1-11(18)2-6-13/h1-9,18H,10H2. The molecule has 0 unspecified atom stereocenters. The lowest BCUT2D eigenvalue weighted by Crippen LogP contribution is -1.92. The summed E-state index contributed by atoms with van der Waals surface area (Å²) in [5.41, 5.74) is 0. The maximum absolute atomic E-state index is 9.23. The van der Waals surface area contributed by atoms with Gasteiger partial charge in [-0.05, 0) is 54.6 Å². The molecule has 1 N–H and O–H groups in total. The maximum atomic E-state index is 9.23. The van der Waals surface area contributed by atoms with E-state index < -0.39 is 0 Å². The minimum Gasteiger partial charge on any atom is -0.508 e. The molecule has 0 heterocycles. The molecule has 20 heavy (non-hydrogen) atoms. The van der Waals surface area contributed by atoms with Crippen LogP contribution in [0.25, 0.3) is 0 Å². The fourth-order valence-electron chi connectivity index (χ4n) is 1.46. The van der Waals surface area contributed by atoms with Crippen molar-refractivity contribution in [3.63, 3.8) is 0 Å². The summed E-state index contributed by atoms with van der Waals surface area (Å²) in [7, 11) is 0. The van der Waals surface area contributed by atoms with Crippen molar-refractivity contribution in [2.45, 2.75) is 9.79 Å². The second-order valence-electron chi connectivity index (χ2n) is 3.87. The first-order valence-electron chi connectivity index (χ1n) is 5.84. The number of aromatic hydroxyl groups is 1. The maximum Gasteiger partial charge on any atom is 0.119 e. The minimum absolute atomic E-state index is 0.199. The molecule has 2 aromatic rings. The molecule has 2 rings (SSSR count). The summed E-state index contributed by atoms with van der Waals surface area (Å²) in [6, 6.07) is 14.8. The Balaban J connectivity index is 1.94. The fraction of sp³-hybridized carbons (Fsp3) is 0.0667. The summed E-state index contributed by atoms with van der Waals surface area (Å²) in [4.78, 5) is 2.15. The summed E-state index contributed by atoms with van der Waals surface area (Å²) in [6.45, 7) is 0.340. The van der Waals surface area contributed by atoms with Crippen LogP contribution >= 0.6 is 35.0 Å². The highest BCUT2D eigenvalue weighted by atomic mass is 35.5. The van der Waals surface area contributed by atoms with Crippen molar-refractivity contribution in [2.75, 3.05) is 6.61 Å². The highest BCUT2D eigenvalue weighted by molar-refractivity contribution is 7.99. The van der Waals surface area contributed by atoms with E-state index >= 15 is 0 Å². The van der Waals surface area contributed by atoms with E-state index in [1.807, 2.05) is 36.4 Å². The predicted molar refractivity (Wildman–Crippen MR) is 84.0 cm³/mol. The van der Waals surface area contributed by atoms with Gasteiger partial charge < -0.3 is 9.84 Å². The molecular weight excluding hydrogens is 315 g/mol. The molecule has 0 saturated carbocycles. The third-order valence-corrected chi connectivity index (χ3v) is 3.71. The Hall–Kier alpha value is -1.29. The van der Waals surface area contributed by atoms with Crippen LogP contribution in [0.4, 0.5) is 0 Å². The van der Waals surface area contributed by atoms with E-state index in [1.54, 1.807) is 30.0 Å². The zero-order valence-electron chi connectivity index (χ0n) is 10.4. The molecule has 0 aliphatic heterocycles. The molecule has 0 spiro atoms. The third kappa shape index (κ3) is 5.00. The third-order valence-electron chi connectivity index (χ3n) is 2.38. The number of hydrogen-bond donors (Lipinski definition) is 1. The van der Waals surface area contributed by atoms with Gasteiger partial charge in [0.15, 0.2) is 0 Å². The summed E-state index contributed by atoms with van der Waals surface area (Å²) in [5, 5.41) is 9.23. The van der Waals surface area contributed by atoms with Crippen molar-refractivity contribution in [1.82, 2.24) is 0 Å². The van der Waals surface area contributed by atoms with Crippen LogP contribution < -0.4 is 4.74 Å². The molecule has 104 valence electrons. The van der Waals surface area contributed by atoms with Crippen molar-refractivity contribution in [1.29, 1.82) is 0 Å². The minimum atomic E-state index is 0.199. The van der Waals surface area contributed by atoms with E-state index in [-0.39, 0.29) is 10.2 Å². The lowest BCUT2D eigenvalue weighted by Gasteiger charge is -2.05. The zero-order valence-corrected chi connectivity index (χ0v) is 12.8. The monoisotopic (exact) mass is 326 g/mol. The summed E-state index contributed by atoms with van der Waals surface area (Å²) in [5.74, 6) is 1.02. The molecule has 2 aromatic carbocycles. The Morgan fingerprint density at radius 3 is 2.10 bits per heavy atom. The Kier molecular flexibility index (Phi) is 5.65. The highest BCUT2D eigenvalue weighted by Gasteiger charge is 1.99. The second kappa shape index (κ2) is 7.48. The molecule has 0 radical (unpaired) electrons. The average Bonchev–Trinajstić information content (AvgIpc) is 2.43. The van der Waals surface area contributed by atoms with Crippen molar-refractivity contribution in [3.05, 3.63) is 59.1 Å². The molecule has 0 atom stereocenters. The average molecular weight is 327 g/mol. The number of phenols is 1. The van der Waals surface area contributed by atoms with E-state index in [1.165, 1.54) is 0 Å². The Morgan fingerprint density at radius 2 is 1.55 bits per heavy atom. The second-order valence-corrected chi connectivity index (χ2v) is 6.03. The number of ether oxygens (including phenoxy) is 1. The van der Waals surface area contributed by atoms with Crippen LogP contribution in [0.3, 0.4) is 0 Å². The van der Waals surface area contributed by atoms with Crippen LogP contribution in [0.1, 0.15) is 0 Å². The number of rotatable bonds is 5. The van der Waals surface area contributed by atoms with Gasteiger partial charge in [0.25, 0.3) is 0 Å². The molecule has 0 amide bonds. The van der Waals surface area contributed by atoms with Gasteiger partial charge in [0.05, 0.1) is 0 Å². The quantitative estimate of drug-likeness (QED) is 0.814. The van der Waals surface area contributed by atoms with Gasteiger partial charge in [-0.2, -0.15) is 0 Å². The normalized spacial score (nSPS) is 10.1. The van der Waals surface area contributed by atoms with Gasteiger partial charge in [0, 0.05) is 9.79 Å². The first-order valence-corrected chi connectivity index (χ1v) is 7.41. The van der Waals surface area contributed by atoms with E-state index in [2.05, 4.69) is 0 Å². The van der Waals surface area contributed by atoms with Gasteiger partial charge in [-0.1, -0.05) is 35.0 Å². The summed E-state index contributed by atoms with van der Waals surface area (Å²) >= 11 is 12.6. The lowest BCUT2D eigenvalue weighted by molar-refractivity contribution is 0.362.